The summed E-state index contributed by atoms with van der Waals surface area (Å²) in [6, 6.07) is 11.2. The van der Waals surface area contributed by atoms with Crippen LogP contribution in [0.5, 0.6) is 0 Å². The molecule has 0 aromatic heterocycles. The SMILES string of the molecule is Cc1ccc(N(C)CC(C#N)NC2CC2)cc1. The molecule has 2 rings (SSSR count). The smallest absolute Gasteiger partial charge is 0.113 e. The molecule has 0 heterocycles. The van der Waals surface area contributed by atoms with E-state index < -0.39 is 0 Å². The monoisotopic (exact) mass is 229 g/mol. The number of likely N-dealkylation sites (N-methyl/N-ethyl adjacent to an activating group) is 1. The first-order valence-electron chi connectivity index (χ1n) is 6.12. The van der Waals surface area contributed by atoms with Crippen LogP contribution in [0, 0.1) is 18.3 Å². The summed E-state index contributed by atoms with van der Waals surface area (Å²) < 4.78 is 0. The van der Waals surface area contributed by atoms with Gasteiger partial charge in [-0.1, -0.05) is 17.7 Å². The summed E-state index contributed by atoms with van der Waals surface area (Å²) >= 11 is 0. The molecular formula is C14H19N3. The van der Waals surface area contributed by atoms with Crippen LogP contribution in [0.25, 0.3) is 0 Å². The topological polar surface area (TPSA) is 39.1 Å². The molecule has 0 saturated heterocycles. The Bertz CT molecular complexity index is 400. The van der Waals surface area contributed by atoms with E-state index >= 15 is 0 Å². The van der Waals surface area contributed by atoms with E-state index in [-0.39, 0.29) is 6.04 Å². The molecule has 0 spiro atoms. The number of benzene rings is 1. The number of hydrogen-bond donors (Lipinski definition) is 1. The first kappa shape index (κ1) is 11.9. The van der Waals surface area contributed by atoms with Crippen LogP contribution in [0.4, 0.5) is 5.69 Å². The summed E-state index contributed by atoms with van der Waals surface area (Å²) in [7, 11) is 2.03. The second-order valence-corrected chi connectivity index (χ2v) is 4.84. The number of aryl methyl sites for hydroxylation is 1. The van der Waals surface area contributed by atoms with Gasteiger partial charge in [-0.25, -0.2) is 0 Å². The molecule has 17 heavy (non-hydrogen) atoms. The molecule has 90 valence electrons. The molecule has 1 atom stereocenters. The lowest BCUT2D eigenvalue weighted by Crippen LogP contribution is -2.39. The van der Waals surface area contributed by atoms with Gasteiger partial charge < -0.3 is 4.90 Å². The number of nitriles is 1. The van der Waals surface area contributed by atoms with Gasteiger partial charge >= 0.3 is 0 Å². The highest BCUT2D eigenvalue weighted by molar-refractivity contribution is 5.47. The highest BCUT2D eigenvalue weighted by Gasteiger charge is 2.25. The first-order valence-corrected chi connectivity index (χ1v) is 6.12. The first-order chi connectivity index (χ1) is 8.19. The zero-order valence-electron chi connectivity index (χ0n) is 10.5. The standard InChI is InChI=1S/C14H19N3/c1-11-3-7-14(8-4-11)17(2)10-13(9-15)16-12-5-6-12/h3-4,7-8,12-13,16H,5-6,10H2,1-2H3. The quantitative estimate of drug-likeness (QED) is 0.840. The zero-order valence-corrected chi connectivity index (χ0v) is 10.5. The van der Waals surface area contributed by atoms with E-state index in [9.17, 15) is 0 Å². The van der Waals surface area contributed by atoms with E-state index in [0.717, 1.165) is 12.2 Å². The Balaban J connectivity index is 1.92. The number of hydrogen-bond acceptors (Lipinski definition) is 3. The number of rotatable bonds is 5. The van der Waals surface area contributed by atoms with Gasteiger partial charge in [0.05, 0.1) is 6.07 Å². The van der Waals surface area contributed by atoms with Crippen LogP contribution in [0.3, 0.4) is 0 Å². The summed E-state index contributed by atoms with van der Waals surface area (Å²) in [5.41, 5.74) is 2.42. The van der Waals surface area contributed by atoms with Crippen LogP contribution in [0.1, 0.15) is 18.4 Å². The normalized spacial score (nSPS) is 16.3. The Morgan fingerprint density at radius 1 is 1.41 bits per heavy atom. The summed E-state index contributed by atoms with van der Waals surface area (Å²) in [6.45, 7) is 2.81. The van der Waals surface area contributed by atoms with Crippen molar-refractivity contribution >= 4 is 5.69 Å². The Kier molecular flexibility index (Phi) is 3.65. The third-order valence-electron chi connectivity index (χ3n) is 3.10. The van der Waals surface area contributed by atoms with Crippen LogP contribution in [0.15, 0.2) is 24.3 Å². The fraction of sp³-hybridized carbons (Fsp3) is 0.500. The van der Waals surface area contributed by atoms with Gasteiger partial charge in [-0.3, -0.25) is 5.32 Å². The van der Waals surface area contributed by atoms with Gasteiger partial charge in [0.1, 0.15) is 6.04 Å². The predicted octanol–water partition coefficient (Wildman–Crippen LogP) is 2.08. The lowest BCUT2D eigenvalue weighted by molar-refractivity contribution is 0.593. The molecule has 1 N–H and O–H groups in total. The van der Waals surface area contributed by atoms with Crippen molar-refractivity contribution in [1.82, 2.24) is 5.32 Å². The van der Waals surface area contributed by atoms with Crippen LogP contribution in [-0.4, -0.2) is 25.7 Å². The molecule has 1 aliphatic rings. The van der Waals surface area contributed by atoms with Gasteiger partial charge in [0.2, 0.25) is 0 Å². The van der Waals surface area contributed by atoms with Crippen molar-refractivity contribution in [3.05, 3.63) is 29.8 Å². The highest BCUT2D eigenvalue weighted by Crippen LogP contribution is 2.20. The van der Waals surface area contributed by atoms with Crippen molar-refractivity contribution in [2.24, 2.45) is 0 Å². The van der Waals surface area contributed by atoms with Gasteiger partial charge in [-0.15, -0.1) is 0 Å². The molecule has 0 aliphatic heterocycles. The summed E-state index contributed by atoms with van der Waals surface area (Å²) in [5.74, 6) is 0. The molecule has 0 amide bonds. The Morgan fingerprint density at radius 2 is 2.06 bits per heavy atom. The lowest BCUT2D eigenvalue weighted by Gasteiger charge is -2.22. The number of nitrogens with one attached hydrogen (secondary N) is 1. The maximum Gasteiger partial charge on any atom is 0.113 e. The third-order valence-corrected chi connectivity index (χ3v) is 3.10. The van der Waals surface area contributed by atoms with Crippen molar-refractivity contribution in [3.63, 3.8) is 0 Å². The molecule has 1 aliphatic carbocycles. The maximum atomic E-state index is 9.10. The second-order valence-electron chi connectivity index (χ2n) is 4.84. The third kappa shape index (κ3) is 3.47. The Morgan fingerprint density at radius 3 is 2.59 bits per heavy atom. The summed E-state index contributed by atoms with van der Waals surface area (Å²) in [6.07, 6.45) is 2.43. The van der Waals surface area contributed by atoms with Gasteiger partial charge in [0.15, 0.2) is 0 Å². The van der Waals surface area contributed by atoms with E-state index in [1.807, 2.05) is 7.05 Å². The molecule has 1 aromatic rings. The van der Waals surface area contributed by atoms with E-state index in [2.05, 4.69) is 47.5 Å². The largest absolute Gasteiger partial charge is 0.372 e. The number of nitrogens with zero attached hydrogens (tertiary/aromatic N) is 2. The fourth-order valence-electron chi connectivity index (χ4n) is 1.84. The average Bonchev–Trinajstić information content (AvgIpc) is 3.13. The van der Waals surface area contributed by atoms with Crippen LogP contribution in [0.2, 0.25) is 0 Å². The molecule has 1 fully saturated rings. The minimum atomic E-state index is -0.0752. The molecular weight excluding hydrogens is 210 g/mol. The van der Waals surface area contributed by atoms with E-state index in [1.54, 1.807) is 0 Å². The van der Waals surface area contributed by atoms with Crippen molar-refractivity contribution in [2.45, 2.75) is 31.8 Å². The van der Waals surface area contributed by atoms with Crippen LogP contribution in [-0.2, 0) is 0 Å². The van der Waals surface area contributed by atoms with Crippen molar-refractivity contribution in [2.75, 3.05) is 18.5 Å². The zero-order chi connectivity index (χ0) is 12.3. The molecule has 0 bridgehead atoms. The predicted molar refractivity (Wildman–Crippen MR) is 70.0 cm³/mol. The highest BCUT2D eigenvalue weighted by atomic mass is 15.1. The lowest BCUT2D eigenvalue weighted by atomic mass is 10.2. The van der Waals surface area contributed by atoms with Crippen molar-refractivity contribution in [1.29, 1.82) is 5.26 Å². The Hall–Kier alpha value is -1.53. The Labute approximate surface area is 103 Å². The number of anilines is 1. The summed E-state index contributed by atoms with van der Waals surface area (Å²) in [5, 5.41) is 12.5. The molecule has 3 nitrogen and oxygen atoms in total. The van der Waals surface area contributed by atoms with Crippen LogP contribution < -0.4 is 10.2 Å². The van der Waals surface area contributed by atoms with Gasteiger partial charge in [-0.05, 0) is 31.9 Å². The minimum absolute atomic E-state index is 0.0752. The molecule has 0 radical (unpaired) electrons. The van der Waals surface area contributed by atoms with Gasteiger partial charge in [-0.2, -0.15) is 5.26 Å². The maximum absolute atomic E-state index is 9.10. The molecule has 1 unspecified atom stereocenters. The second kappa shape index (κ2) is 5.20. The van der Waals surface area contributed by atoms with Crippen molar-refractivity contribution < 1.29 is 0 Å². The van der Waals surface area contributed by atoms with E-state index in [4.69, 9.17) is 5.26 Å². The van der Waals surface area contributed by atoms with E-state index in [1.165, 1.54) is 18.4 Å². The van der Waals surface area contributed by atoms with Gasteiger partial charge in [0.25, 0.3) is 0 Å². The van der Waals surface area contributed by atoms with Gasteiger partial charge in [0, 0.05) is 25.3 Å². The van der Waals surface area contributed by atoms with Crippen molar-refractivity contribution in [3.8, 4) is 6.07 Å². The minimum Gasteiger partial charge on any atom is -0.372 e. The van der Waals surface area contributed by atoms with E-state index in [0.29, 0.717) is 6.04 Å². The van der Waals surface area contributed by atoms with Crippen LogP contribution >= 0.6 is 0 Å². The molecule has 1 aromatic carbocycles. The molecule has 3 heteroatoms. The average molecular weight is 229 g/mol. The fourth-order valence-corrected chi connectivity index (χ4v) is 1.84. The molecule has 1 saturated carbocycles. The summed E-state index contributed by atoms with van der Waals surface area (Å²) in [4.78, 5) is 2.13.